The maximum absolute atomic E-state index is 3.50. The van der Waals surface area contributed by atoms with Crippen molar-refractivity contribution in [2.75, 3.05) is 6.54 Å². The van der Waals surface area contributed by atoms with Crippen molar-refractivity contribution in [3.8, 4) is 22.3 Å². The molecule has 1 aliphatic rings. The Morgan fingerprint density at radius 1 is 0.750 bits per heavy atom. The number of fused-ring (bicyclic) bond motifs is 1. The molecule has 0 atom stereocenters. The number of rotatable bonds is 2. The van der Waals surface area contributed by atoms with Crippen LogP contribution >= 0.6 is 0 Å². The molecule has 0 aromatic heterocycles. The number of hydrogen-bond donors (Lipinski definition) is 1. The molecule has 4 rings (SSSR count). The summed E-state index contributed by atoms with van der Waals surface area (Å²) in [4.78, 5) is 0. The molecule has 120 valence electrons. The molecule has 0 bridgehead atoms. The zero-order valence-electron chi connectivity index (χ0n) is 14.2. The van der Waals surface area contributed by atoms with E-state index in [2.05, 4.69) is 79.0 Å². The predicted molar refractivity (Wildman–Crippen MR) is 102 cm³/mol. The Balaban J connectivity index is 1.79. The molecule has 1 N–H and O–H groups in total. The highest BCUT2D eigenvalue weighted by Gasteiger charge is 2.11. The first-order valence-electron chi connectivity index (χ1n) is 8.81. The summed E-state index contributed by atoms with van der Waals surface area (Å²) in [6, 6.07) is 24.3. The molecule has 0 radical (unpaired) electrons. The van der Waals surface area contributed by atoms with E-state index < -0.39 is 0 Å². The largest absolute Gasteiger partial charge is 0.313 e. The molecule has 1 aliphatic heterocycles. The van der Waals surface area contributed by atoms with Crippen LogP contribution in [0.1, 0.15) is 23.1 Å². The fraction of sp³-hybridized carbons (Fsp3) is 0.217. The fourth-order valence-electron chi connectivity index (χ4n) is 3.70. The van der Waals surface area contributed by atoms with Gasteiger partial charge in [0.1, 0.15) is 0 Å². The van der Waals surface area contributed by atoms with E-state index >= 15 is 0 Å². The Morgan fingerprint density at radius 3 is 2.38 bits per heavy atom. The summed E-state index contributed by atoms with van der Waals surface area (Å²) >= 11 is 0. The van der Waals surface area contributed by atoms with Gasteiger partial charge in [0.2, 0.25) is 0 Å². The number of aryl methyl sites for hydroxylation is 1. The monoisotopic (exact) mass is 313 g/mol. The SMILES string of the molecule is Cc1c(-c2ccccc2)cccc1-c1ccc2c(c1)CCCNC2. The first-order chi connectivity index (χ1) is 11.8. The molecule has 0 amide bonds. The molecule has 0 aliphatic carbocycles. The summed E-state index contributed by atoms with van der Waals surface area (Å²) < 4.78 is 0. The van der Waals surface area contributed by atoms with E-state index in [-0.39, 0.29) is 0 Å². The van der Waals surface area contributed by atoms with Crippen LogP contribution in [0.5, 0.6) is 0 Å². The zero-order chi connectivity index (χ0) is 16.4. The molecule has 1 nitrogen and oxygen atoms in total. The molecule has 0 unspecified atom stereocenters. The molecular weight excluding hydrogens is 290 g/mol. The van der Waals surface area contributed by atoms with E-state index in [0.29, 0.717) is 0 Å². The Hall–Kier alpha value is -2.38. The van der Waals surface area contributed by atoms with E-state index in [1.807, 2.05) is 0 Å². The number of hydrogen-bond acceptors (Lipinski definition) is 1. The lowest BCUT2D eigenvalue weighted by molar-refractivity contribution is 0.681. The van der Waals surface area contributed by atoms with Gasteiger partial charge in [0.25, 0.3) is 0 Å². The van der Waals surface area contributed by atoms with Crippen molar-refractivity contribution < 1.29 is 0 Å². The third-order valence-electron chi connectivity index (χ3n) is 5.05. The summed E-state index contributed by atoms with van der Waals surface area (Å²) in [7, 11) is 0. The first kappa shape index (κ1) is 15.2. The molecule has 0 fully saturated rings. The van der Waals surface area contributed by atoms with Crippen molar-refractivity contribution in [3.63, 3.8) is 0 Å². The molecule has 1 heteroatoms. The van der Waals surface area contributed by atoms with Crippen molar-refractivity contribution >= 4 is 0 Å². The van der Waals surface area contributed by atoms with Crippen LogP contribution < -0.4 is 5.32 Å². The van der Waals surface area contributed by atoms with Gasteiger partial charge in [0, 0.05) is 6.54 Å². The lowest BCUT2D eigenvalue weighted by Gasteiger charge is -2.14. The van der Waals surface area contributed by atoms with Gasteiger partial charge in [-0.1, -0.05) is 66.7 Å². The highest BCUT2D eigenvalue weighted by Crippen LogP contribution is 2.33. The molecule has 3 aromatic carbocycles. The van der Waals surface area contributed by atoms with Gasteiger partial charge >= 0.3 is 0 Å². The van der Waals surface area contributed by atoms with Crippen molar-refractivity contribution in [2.45, 2.75) is 26.3 Å². The van der Waals surface area contributed by atoms with Crippen molar-refractivity contribution in [1.82, 2.24) is 5.32 Å². The summed E-state index contributed by atoms with van der Waals surface area (Å²) in [5, 5.41) is 3.50. The van der Waals surface area contributed by atoms with Gasteiger partial charge in [-0.25, -0.2) is 0 Å². The second-order valence-electron chi connectivity index (χ2n) is 6.61. The first-order valence-corrected chi connectivity index (χ1v) is 8.81. The maximum Gasteiger partial charge on any atom is 0.0208 e. The Labute approximate surface area is 144 Å². The Kier molecular flexibility index (Phi) is 4.18. The van der Waals surface area contributed by atoms with Gasteiger partial charge in [0.05, 0.1) is 0 Å². The highest BCUT2D eigenvalue weighted by atomic mass is 14.8. The summed E-state index contributed by atoms with van der Waals surface area (Å²) in [5.41, 5.74) is 9.60. The molecule has 24 heavy (non-hydrogen) atoms. The van der Waals surface area contributed by atoms with E-state index in [9.17, 15) is 0 Å². The van der Waals surface area contributed by atoms with Gasteiger partial charge in [-0.3, -0.25) is 0 Å². The van der Waals surface area contributed by atoms with Crippen LogP contribution in [0, 0.1) is 6.92 Å². The third kappa shape index (κ3) is 2.88. The fourth-order valence-corrected chi connectivity index (χ4v) is 3.70. The number of nitrogens with one attached hydrogen (secondary N) is 1. The van der Waals surface area contributed by atoms with Gasteiger partial charge < -0.3 is 5.32 Å². The topological polar surface area (TPSA) is 12.0 Å². The molecule has 3 aromatic rings. The van der Waals surface area contributed by atoms with E-state index in [1.165, 1.54) is 51.8 Å². The minimum atomic E-state index is 0.999. The van der Waals surface area contributed by atoms with Crippen LogP contribution in [0.25, 0.3) is 22.3 Å². The van der Waals surface area contributed by atoms with E-state index in [4.69, 9.17) is 0 Å². The van der Waals surface area contributed by atoms with Crippen LogP contribution in [0.15, 0.2) is 66.7 Å². The second-order valence-corrected chi connectivity index (χ2v) is 6.61. The van der Waals surface area contributed by atoms with Crippen LogP contribution in [0.2, 0.25) is 0 Å². The summed E-state index contributed by atoms with van der Waals surface area (Å²) in [6.07, 6.45) is 2.40. The minimum Gasteiger partial charge on any atom is -0.313 e. The average molecular weight is 313 g/mol. The van der Waals surface area contributed by atoms with Gasteiger partial charge in [-0.15, -0.1) is 0 Å². The van der Waals surface area contributed by atoms with Gasteiger partial charge in [-0.05, 0) is 65.3 Å². The lowest BCUT2D eigenvalue weighted by atomic mass is 9.91. The Bertz CT molecular complexity index is 849. The number of benzene rings is 3. The van der Waals surface area contributed by atoms with Crippen molar-refractivity contribution in [2.24, 2.45) is 0 Å². The average Bonchev–Trinajstić information content (AvgIpc) is 2.87. The highest BCUT2D eigenvalue weighted by molar-refractivity contribution is 5.78. The second kappa shape index (κ2) is 6.62. The van der Waals surface area contributed by atoms with Crippen LogP contribution in [0.4, 0.5) is 0 Å². The molecular formula is C23H23N. The van der Waals surface area contributed by atoms with Crippen LogP contribution in [0.3, 0.4) is 0 Å². The molecule has 0 spiro atoms. The quantitative estimate of drug-likeness (QED) is 0.671. The third-order valence-corrected chi connectivity index (χ3v) is 5.05. The van der Waals surface area contributed by atoms with Gasteiger partial charge in [0.15, 0.2) is 0 Å². The van der Waals surface area contributed by atoms with Gasteiger partial charge in [-0.2, -0.15) is 0 Å². The van der Waals surface area contributed by atoms with Crippen LogP contribution in [-0.4, -0.2) is 6.54 Å². The van der Waals surface area contributed by atoms with E-state index in [1.54, 1.807) is 0 Å². The van der Waals surface area contributed by atoms with Crippen molar-refractivity contribution in [1.29, 1.82) is 0 Å². The summed E-state index contributed by atoms with van der Waals surface area (Å²) in [6.45, 7) is 4.36. The smallest absolute Gasteiger partial charge is 0.0208 e. The summed E-state index contributed by atoms with van der Waals surface area (Å²) in [5.74, 6) is 0. The molecule has 0 saturated carbocycles. The molecule has 1 heterocycles. The standard InChI is InChI=1S/C23H23N/c1-17-22(18-7-3-2-4-8-18)10-5-11-23(17)20-12-13-21-16-24-14-6-9-19(21)15-20/h2-5,7-8,10-13,15,24H,6,9,14,16H2,1H3. The van der Waals surface area contributed by atoms with Crippen molar-refractivity contribution in [3.05, 3.63) is 83.4 Å². The Morgan fingerprint density at radius 2 is 1.54 bits per heavy atom. The lowest BCUT2D eigenvalue weighted by Crippen LogP contribution is -2.11. The zero-order valence-corrected chi connectivity index (χ0v) is 14.2. The maximum atomic E-state index is 3.50. The predicted octanol–water partition coefficient (Wildman–Crippen LogP) is 5.36. The molecule has 0 saturated heterocycles. The minimum absolute atomic E-state index is 0.999. The van der Waals surface area contributed by atoms with Crippen LogP contribution in [-0.2, 0) is 13.0 Å². The normalized spacial score (nSPS) is 14.0. The van der Waals surface area contributed by atoms with E-state index in [0.717, 1.165) is 13.1 Å².